The molecule has 4 rings (SSSR count). The Bertz CT molecular complexity index is 804. The highest BCUT2D eigenvalue weighted by Crippen LogP contribution is 2.39. The van der Waals surface area contributed by atoms with E-state index >= 15 is 0 Å². The lowest BCUT2D eigenvalue weighted by atomic mass is 9.72. The molecule has 0 aromatic heterocycles. The maximum absolute atomic E-state index is 13.5. The van der Waals surface area contributed by atoms with E-state index in [9.17, 15) is 9.90 Å². The highest BCUT2D eigenvalue weighted by Gasteiger charge is 2.46. The van der Waals surface area contributed by atoms with E-state index in [4.69, 9.17) is 0 Å². The van der Waals surface area contributed by atoms with Crippen molar-refractivity contribution in [2.75, 3.05) is 39.3 Å². The van der Waals surface area contributed by atoms with Crippen LogP contribution in [0.5, 0.6) is 0 Å². The van der Waals surface area contributed by atoms with Crippen LogP contribution in [0.15, 0.2) is 60.7 Å². The molecule has 2 aliphatic rings. The quantitative estimate of drug-likeness (QED) is 0.707. The van der Waals surface area contributed by atoms with Crippen LogP contribution in [0.2, 0.25) is 0 Å². The summed E-state index contributed by atoms with van der Waals surface area (Å²) in [6, 6.07) is 19.2. The van der Waals surface area contributed by atoms with E-state index in [-0.39, 0.29) is 5.78 Å². The largest absolute Gasteiger partial charge is 0.384 e. The summed E-state index contributed by atoms with van der Waals surface area (Å²) in [5.41, 5.74) is 0.427. The number of hydrogen-bond donors (Lipinski definition) is 1. The first-order valence-corrected chi connectivity index (χ1v) is 11.5. The Kier molecular flexibility index (Phi) is 6.98. The van der Waals surface area contributed by atoms with E-state index in [1.165, 1.54) is 32.4 Å². The van der Waals surface area contributed by atoms with Crippen LogP contribution < -0.4 is 0 Å². The van der Waals surface area contributed by atoms with Crippen LogP contribution in [-0.2, 0) is 5.60 Å². The van der Waals surface area contributed by atoms with Gasteiger partial charge in [0.25, 0.3) is 0 Å². The van der Waals surface area contributed by atoms with Crippen molar-refractivity contribution in [1.29, 1.82) is 0 Å². The minimum Gasteiger partial charge on any atom is -0.384 e. The Morgan fingerprint density at radius 2 is 1.50 bits per heavy atom. The van der Waals surface area contributed by atoms with Gasteiger partial charge in [-0.05, 0) is 57.4 Å². The van der Waals surface area contributed by atoms with Gasteiger partial charge in [-0.15, -0.1) is 0 Å². The predicted octanol–water partition coefficient (Wildman–Crippen LogP) is 3.96. The van der Waals surface area contributed by atoms with Gasteiger partial charge in [0.15, 0.2) is 5.78 Å². The van der Waals surface area contributed by atoms with Crippen LogP contribution in [0.25, 0.3) is 0 Å². The summed E-state index contributed by atoms with van der Waals surface area (Å²) in [5.74, 6) is -0.409. The lowest BCUT2D eigenvalue weighted by Crippen LogP contribution is -2.53. The van der Waals surface area contributed by atoms with Crippen LogP contribution >= 0.6 is 0 Å². The van der Waals surface area contributed by atoms with Crippen molar-refractivity contribution < 1.29 is 9.90 Å². The number of ketones is 1. The molecule has 2 aromatic rings. The number of hydrogen-bond acceptors (Lipinski definition) is 4. The number of aliphatic hydroxyl groups is 1. The standard InChI is InChI=1S/C26H34N2O2/c29-25(22-11-4-1-5-12-22)24-21-28(19-10-18-27-16-8-3-9-17-27)20-15-26(24,30)23-13-6-2-7-14-23/h1-2,4-7,11-14,24,30H,3,8-10,15-21H2. The third-order valence-electron chi connectivity index (χ3n) is 6.87. The summed E-state index contributed by atoms with van der Waals surface area (Å²) in [7, 11) is 0. The summed E-state index contributed by atoms with van der Waals surface area (Å²) in [4.78, 5) is 18.4. The number of carbonyl (C=O) groups is 1. The molecule has 0 amide bonds. The van der Waals surface area contributed by atoms with Crippen molar-refractivity contribution in [3.63, 3.8) is 0 Å². The third-order valence-corrected chi connectivity index (χ3v) is 6.87. The first-order chi connectivity index (χ1) is 14.7. The molecule has 4 heteroatoms. The van der Waals surface area contributed by atoms with Crippen molar-refractivity contribution in [2.45, 2.75) is 37.7 Å². The molecule has 2 fully saturated rings. The number of piperidine rings is 2. The minimum atomic E-state index is -1.11. The summed E-state index contributed by atoms with van der Waals surface area (Å²) in [6.45, 7) is 6.01. The fourth-order valence-electron chi connectivity index (χ4n) is 5.08. The number of Topliss-reactive ketones (excluding diaryl/α,β-unsaturated/α-hetero) is 1. The molecule has 4 nitrogen and oxygen atoms in total. The molecule has 2 heterocycles. The lowest BCUT2D eigenvalue weighted by Gasteiger charge is -2.44. The Hall–Kier alpha value is -2.01. The second-order valence-electron chi connectivity index (χ2n) is 8.88. The van der Waals surface area contributed by atoms with Gasteiger partial charge >= 0.3 is 0 Å². The van der Waals surface area contributed by atoms with E-state index < -0.39 is 11.5 Å². The highest BCUT2D eigenvalue weighted by atomic mass is 16.3. The van der Waals surface area contributed by atoms with Gasteiger partial charge in [-0.25, -0.2) is 0 Å². The molecule has 0 radical (unpaired) electrons. The maximum Gasteiger partial charge on any atom is 0.170 e. The number of rotatable bonds is 7. The molecule has 0 bridgehead atoms. The summed E-state index contributed by atoms with van der Waals surface area (Å²) in [6.07, 6.45) is 5.72. The SMILES string of the molecule is O=C(c1ccccc1)C1CN(CCCN2CCCCC2)CCC1(O)c1ccccc1. The van der Waals surface area contributed by atoms with Crippen molar-refractivity contribution in [2.24, 2.45) is 5.92 Å². The number of likely N-dealkylation sites (tertiary alicyclic amines) is 2. The first-order valence-electron chi connectivity index (χ1n) is 11.5. The van der Waals surface area contributed by atoms with Gasteiger partial charge in [0.05, 0.1) is 5.92 Å². The highest BCUT2D eigenvalue weighted by molar-refractivity contribution is 5.99. The van der Waals surface area contributed by atoms with E-state index in [0.717, 1.165) is 31.6 Å². The van der Waals surface area contributed by atoms with Gasteiger partial charge in [-0.3, -0.25) is 4.79 Å². The molecule has 0 spiro atoms. The zero-order chi connectivity index (χ0) is 20.8. The zero-order valence-corrected chi connectivity index (χ0v) is 17.9. The van der Waals surface area contributed by atoms with E-state index in [2.05, 4.69) is 9.80 Å². The van der Waals surface area contributed by atoms with Crippen LogP contribution in [0.3, 0.4) is 0 Å². The van der Waals surface area contributed by atoms with Gasteiger partial charge in [-0.1, -0.05) is 67.1 Å². The summed E-state index contributed by atoms with van der Waals surface area (Å²) >= 11 is 0. The van der Waals surface area contributed by atoms with Gasteiger partial charge in [0.2, 0.25) is 0 Å². The van der Waals surface area contributed by atoms with E-state index in [1.807, 2.05) is 60.7 Å². The average molecular weight is 407 g/mol. The van der Waals surface area contributed by atoms with Crippen LogP contribution in [0.1, 0.15) is 48.0 Å². The molecule has 2 unspecified atom stereocenters. The Morgan fingerprint density at radius 1 is 0.867 bits per heavy atom. The van der Waals surface area contributed by atoms with Gasteiger partial charge in [0, 0.05) is 18.7 Å². The van der Waals surface area contributed by atoms with Crippen LogP contribution in [-0.4, -0.2) is 60.0 Å². The molecule has 0 saturated carbocycles. The first kappa shape index (κ1) is 21.2. The van der Waals surface area contributed by atoms with Crippen LogP contribution in [0.4, 0.5) is 0 Å². The Balaban J connectivity index is 1.47. The van der Waals surface area contributed by atoms with Crippen molar-refractivity contribution >= 4 is 5.78 Å². The number of nitrogens with zero attached hydrogens (tertiary/aromatic N) is 2. The third kappa shape index (κ3) is 4.83. The fraction of sp³-hybridized carbons (Fsp3) is 0.500. The zero-order valence-electron chi connectivity index (χ0n) is 17.9. The molecule has 160 valence electrons. The molecule has 0 aliphatic carbocycles. The predicted molar refractivity (Wildman–Crippen MR) is 121 cm³/mol. The fourth-order valence-corrected chi connectivity index (χ4v) is 5.08. The second-order valence-corrected chi connectivity index (χ2v) is 8.88. The molecule has 2 aliphatic heterocycles. The second kappa shape index (κ2) is 9.86. The Labute approximate surface area is 180 Å². The molecule has 30 heavy (non-hydrogen) atoms. The summed E-state index contributed by atoms with van der Waals surface area (Å²) < 4.78 is 0. The molecule has 1 N–H and O–H groups in total. The molecule has 2 atom stereocenters. The number of carbonyl (C=O) groups excluding carboxylic acids is 1. The molecular weight excluding hydrogens is 372 g/mol. The minimum absolute atomic E-state index is 0.0442. The monoisotopic (exact) mass is 406 g/mol. The van der Waals surface area contributed by atoms with Crippen molar-refractivity contribution in [3.8, 4) is 0 Å². The smallest absolute Gasteiger partial charge is 0.170 e. The van der Waals surface area contributed by atoms with E-state index in [1.54, 1.807) is 0 Å². The van der Waals surface area contributed by atoms with Gasteiger partial charge < -0.3 is 14.9 Å². The van der Waals surface area contributed by atoms with Crippen molar-refractivity contribution in [3.05, 3.63) is 71.8 Å². The normalized spacial score (nSPS) is 25.8. The Morgan fingerprint density at radius 3 is 2.20 bits per heavy atom. The van der Waals surface area contributed by atoms with Crippen molar-refractivity contribution in [1.82, 2.24) is 9.80 Å². The number of benzene rings is 2. The summed E-state index contributed by atoms with van der Waals surface area (Å²) in [5, 5.41) is 11.7. The topological polar surface area (TPSA) is 43.8 Å². The molecule has 2 saturated heterocycles. The molecular formula is C26H34N2O2. The van der Waals surface area contributed by atoms with Gasteiger partial charge in [-0.2, -0.15) is 0 Å². The maximum atomic E-state index is 13.5. The van der Waals surface area contributed by atoms with Gasteiger partial charge in [0.1, 0.15) is 5.60 Å². The molecule has 2 aromatic carbocycles. The average Bonchev–Trinajstić information content (AvgIpc) is 2.81. The lowest BCUT2D eigenvalue weighted by molar-refractivity contribution is -0.0645. The van der Waals surface area contributed by atoms with E-state index in [0.29, 0.717) is 18.5 Å². The van der Waals surface area contributed by atoms with Crippen LogP contribution in [0, 0.1) is 5.92 Å².